The first-order chi connectivity index (χ1) is 9.19. The van der Waals surface area contributed by atoms with Gasteiger partial charge in [-0.2, -0.15) is 0 Å². The zero-order valence-electron chi connectivity index (χ0n) is 11.1. The summed E-state index contributed by atoms with van der Waals surface area (Å²) in [5, 5.41) is 11.0. The lowest BCUT2D eigenvalue weighted by Gasteiger charge is -2.21. The van der Waals surface area contributed by atoms with Crippen LogP contribution < -0.4 is 11.5 Å². The van der Waals surface area contributed by atoms with Crippen molar-refractivity contribution in [1.29, 1.82) is 0 Å². The van der Waals surface area contributed by atoms with E-state index >= 15 is 0 Å². The van der Waals surface area contributed by atoms with Gasteiger partial charge in [0.15, 0.2) is 0 Å². The maximum atomic E-state index is 11.0. The smallest absolute Gasteiger partial charge is 0.273 e. The highest BCUT2D eigenvalue weighted by molar-refractivity contribution is 5.39. The van der Waals surface area contributed by atoms with Crippen LogP contribution in [0.4, 0.5) is 5.69 Å². The molecule has 0 aliphatic heterocycles. The zero-order valence-corrected chi connectivity index (χ0v) is 11.1. The maximum absolute atomic E-state index is 11.0. The Labute approximate surface area is 113 Å². The van der Waals surface area contributed by atoms with E-state index in [0.717, 1.165) is 31.5 Å². The predicted molar refractivity (Wildman–Crippen MR) is 75.7 cm³/mol. The van der Waals surface area contributed by atoms with Crippen LogP contribution in [0.3, 0.4) is 0 Å². The molecule has 0 radical (unpaired) electrons. The number of nitro groups is 1. The third-order valence-electron chi connectivity index (χ3n) is 2.94. The minimum Gasteiger partial charge on any atom is -0.330 e. The summed E-state index contributed by atoms with van der Waals surface area (Å²) >= 11 is 0. The van der Waals surface area contributed by atoms with E-state index in [1.54, 1.807) is 18.2 Å². The molecule has 0 amide bonds. The number of hydrogen-bond acceptors (Lipinski definition) is 5. The minimum absolute atomic E-state index is 0.174. The van der Waals surface area contributed by atoms with E-state index in [1.807, 2.05) is 6.07 Å². The first kappa shape index (κ1) is 15.6. The molecule has 0 saturated carbocycles. The van der Waals surface area contributed by atoms with Crippen molar-refractivity contribution < 1.29 is 4.92 Å². The van der Waals surface area contributed by atoms with Gasteiger partial charge < -0.3 is 11.5 Å². The molecule has 0 spiro atoms. The zero-order chi connectivity index (χ0) is 14.1. The Hall–Kier alpha value is -1.50. The summed E-state index contributed by atoms with van der Waals surface area (Å²) in [6, 6.07) is 6.85. The lowest BCUT2D eigenvalue weighted by molar-refractivity contribution is -0.385. The molecular formula is C13H22N4O2. The lowest BCUT2D eigenvalue weighted by atomic mass is 10.1. The van der Waals surface area contributed by atoms with E-state index in [-0.39, 0.29) is 10.6 Å². The highest BCUT2D eigenvalue weighted by Gasteiger charge is 2.15. The van der Waals surface area contributed by atoms with Gasteiger partial charge in [-0.05, 0) is 39.0 Å². The van der Waals surface area contributed by atoms with Crippen molar-refractivity contribution in [1.82, 2.24) is 4.90 Å². The van der Waals surface area contributed by atoms with Gasteiger partial charge in [-0.3, -0.25) is 15.0 Å². The molecule has 4 N–H and O–H groups in total. The Morgan fingerprint density at radius 1 is 1.11 bits per heavy atom. The average Bonchev–Trinajstić information content (AvgIpc) is 2.42. The Morgan fingerprint density at radius 2 is 1.68 bits per heavy atom. The van der Waals surface area contributed by atoms with Gasteiger partial charge in [0.05, 0.1) is 4.92 Å². The lowest BCUT2D eigenvalue weighted by Crippen LogP contribution is -2.28. The van der Waals surface area contributed by atoms with E-state index < -0.39 is 0 Å². The highest BCUT2D eigenvalue weighted by Crippen LogP contribution is 2.19. The standard InChI is InChI=1S/C13H22N4O2/c14-7-3-9-16(10-4-8-15)11-12-5-1-2-6-13(12)17(18)19/h1-2,5-6H,3-4,7-11,14-15H2. The summed E-state index contributed by atoms with van der Waals surface area (Å²) in [6.45, 7) is 3.48. The molecule has 1 rings (SSSR count). The highest BCUT2D eigenvalue weighted by atomic mass is 16.6. The van der Waals surface area contributed by atoms with E-state index in [4.69, 9.17) is 11.5 Å². The molecule has 19 heavy (non-hydrogen) atoms. The molecule has 1 aromatic rings. The van der Waals surface area contributed by atoms with Crippen molar-refractivity contribution in [3.63, 3.8) is 0 Å². The van der Waals surface area contributed by atoms with E-state index in [1.165, 1.54) is 0 Å². The number of rotatable bonds is 9. The third-order valence-corrected chi connectivity index (χ3v) is 2.94. The van der Waals surface area contributed by atoms with Crippen LogP contribution in [0.2, 0.25) is 0 Å². The molecular weight excluding hydrogens is 244 g/mol. The van der Waals surface area contributed by atoms with Crippen molar-refractivity contribution in [2.75, 3.05) is 26.2 Å². The van der Waals surface area contributed by atoms with Crippen LogP contribution in [0.1, 0.15) is 18.4 Å². The number of nitro benzene ring substituents is 1. The van der Waals surface area contributed by atoms with Gasteiger partial charge in [-0.1, -0.05) is 18.2 Å². The monoisotopic (exact) mass is 266 g/mol. The van der Waals surface area contributed by atoms with Crippen LogP contribution in [0.15, 0.2) is 24.3 Å². The molecule has 1 aromatic carbocycles. The first-order valence-electron chi connectivity index (χ1n) is 6.53. The molecule has 0 fully saturated rings. The third kappa shape index (κ3) is 5.34. The molecule has 0 atom stereocenters. The fraction of sp³-hybridized carbons (Fsp3) is 0.538. The molecule has 0 bridgehead atoms. The van der Waals surface area contributed by atoms with Gasteiger partial charge in [-0.25, -0.2) is 0 Å². The van der Waals surface area contributed by atoms with E-state index in [2.05, 4.69) is 4.90 Å². The Morgan fingerprint density at radius 3 is 2.21 bits per heavy atom. The van der Waals surface area contributed by atoms with E-state index in [0.29, 0.717) is 19.6 Å². The van der Waals surface area contributed by atoms with Crippen LogP contribution in [-0.4, -0.2) is 36.0 Å². The molecule has 0 aliphatic carbocycles. The van der Waals surface area contributed by atoms with Crippen LogP contribution in [0.5, 0.6) is 0 Å². The second kappa shape index (κ2) is 8.58. The fourth-order valence-electron chi connectivity index (χ4n) is 1.96. The molecule has 0 unspecified atom stereocenters. The van der Waals surface area contributed by atoms with Crippen molar-refractivity contribution in [3.05, 3.63) is 39.9 Å². The summed E-state index contributed by atoms with van der Waals surface area (Å²) in [4.78, 5) is 12.8. The minimum atomic E-state index is -0.334. The van der Waals surface area contributed by atoms with Crippen molar-refractivity contribution >= 4 is 5.69 Å². The van der Waals surface area contributed by atoms with Gasteiger partial charge in [0, 0.05) is 18.2 Å². The quantitative estimate of drug-likeness (QED) is 0.515. The number of benzene rings is 1. The van der Waals surface area contributed by atoms with Crippen LogP contribution in [0, 0.1) is 10.1 Å². The Balaban J connectivity index is 2.74. The summed E-state index contributed by atoms with van der Waals surface area (Å²) < 4.78 is 0. The van der Waals surface area contributed by atoms with Crippen LogP contribution >= 0.6 is 0 Å². The van der Waals surface area contributed by atoms with Gasteiger partial charge >= 0.3 is 0 Å². The second-order valence-electron chi connectivity index (χ2n) is 4.45. The summed E-state index contributed by atoms with van der Waals surface area (Å²) in [6.07, 6.45) is 1.76. The van der Waals surface area contributed by atoms with Gasteiger partial charge in [0.25, 0.3) is 5.69 Å². The molecule has 0 heterocycles. The molecule has 106 valence electrons. The van der Waals surface area contributed by atoms with Crippen molar-refractivity contribution in [2.24, 2.45) is 11.5 Å². The van der Waals surface area contributed by atoms with E-state index in [9.17, 15) is 10.1 Å². The SMILES string of the molecule is NCCCN(CCCN)Cc1ccccc1[N+](=O)[O-]. The topological polar surface area (TPSA) is 98.4 Å². The molecule has 0 aliphatic rings. The Bertz CT molecular complexity index is 390. The average molecular weight is 266 g/mol. The summed E-state index contributed by atoms with van der Waals surface area (Å²) in [7, 11) is 0. The molecule has 0 aromatic heterocycles. The van der Waals surface area contributed by atoms with Crippen LogP contribution in [-0.2, 0) is 6.54 Å². The largest absolute Gasteiger partial charge is 0.330 e. The molecule has 6 nitrogen and oxygen atoms in total. The van der Waals surface area contributed by atoms with Gasteiger partial charge in [0.1, 0.15) is 0 Å². The summed E-state index contributed by atoms with van der Waals surface area (Å²) in [5.74, 6) is 0. The molecule has 0 saturated heterocycles. The van der Waals surface area contributed by atoms with Crippen LogP contribution in [0.25, 0.3) is 0 Å². The van der Waals surface area contributed by atoms with Gasteiger partial charge in [0.2, 0.25) is 0 Å². The predicted octanol–water partition coefficient (Wildman–Crippen LogP) is 1.09. The molecule has 6 heteroatoms. The van der Waals surface area contributed by atoms with Gasteiger partial charge in [-0.15, -0.1) is 0 Å². The first-order valence-corrected chi connectivity index (χ1v) is 6.53. The van der Waals surface area contributed by atoms with Crippen molar-refractivity contribution in [2.45, 2.75) is 19.4 Å². The number of para-hydroxylation sites is 1. The Kier molecular flexibility index (Phi) is 7.02. The number of nitrogens with zero attached hydrogens (tertiary/aromatic N) is 2. The maximum Gasteiger partial charge on any atom is 0.273 e. The number of nitrogens with two attached hydrogens (primary N) is 2. The fourth-order valence-corrected chi connectivity index (χ4v) is 1.96. The normalized spacial score (nSPS) is 10.9. The number of hydrogen-bond donors (Lipinski definition) is 2. The van der Waals surface area contributed by atoms with Crippen molar-refractivity contribution in [3.8, 4) is 0 Å². The summed E-state index contributed by atoms with van der Waals surface area (Å²) in [5.41, 5.74) is 11.9. The second-order valence-corrected chi connectivity index (χ2v) is 4.45.